The Morgan fingerprint density at radius 3 is 2.67 bits per heavy atom. The van der Waals surface area contributed by atoms with Crippen LogP contribution in [0.4, 0.5) is 0 Å². The third kappa shape index (κ3) is 5.20. The minimum atomic E-state index is -1.32. The fourth-order valence-corrected chi connectivity index (χ4v) is 1.90. The quantitative estimate of drug-likeness (QED) is 0.578. The minimum Gasteiger partial charge on any atom is -0.467 e. The SMILES string of the molecule is COC(=O)C(O)CNC(=O)CSc1ccccc1. The van der Waals surface area contributed by atoms with Crippen LogP contribution in [0.1, 0.15) is 0 Å². The number of carbonyl (C=O) groups is 2. The molecule has 1 aromatic rings. The predicted molar refractivity (Wildman–Crippen MR) is 68.2 cm³/mol. The van der Waals surface area contributed by atoms with E-state index in [1.54, 1.807) is 0 Å². The number of hydrogen-bond acceptors (Lipinski definition) is 5. The molecular weight excluding hydrogens is 254 g/mol. The number of rotatable bonds is 6. The lowest BCUT2D eigenvalue weighted by molar-refractivity contribution is -0.150. The number of ether oxygens (including phenoxy) is 1. The molecule has 1 atom stereocenters. The lowest BCUT2D eigenvalue weighted by Crippen LogP contribution is -2.37. The maximum Gasteiger partial charge on any atom is 0.336 e. The third-order valence-electron chi connectivity index (χ3n) is 2.08. The zero-order valence-electron chi connectivity index (χ0n) is 9.96. The molecule has 1 rings (SSSR count). The van der Waals surface area contributed by atoms with Crippen molar-refractivity contribution in [3.63, 3.8) is 0 Å². The van der Waals surface area contributed by atoms with Gasteiger partial charge in [-0.05, 0) is 12.1 Å². The molecule has 1 aromatic carbocycles. The van der Waals surface area contributed by atoms with E-state index in [0.717, 1.165) is 4.90 Å². The maximum absolute atomic E-state index is 11.4. The van der Waals surface area contributed by atoms with Gasteiger partial charge in [-0.1, -0.05) is 18.2 Å². The second kappa shape index (κ2) is 7.73. The van der Waals surface area contributed by atoms with Crippen molar-refractivity contribution in [3.05, 3.63) is 30.3 Å². The molecule has 6 heteroatoms. The number of methoxy groups -OCH3 is 1. The lowest BCUT2D eigenvalue weighted by Gasteiger charge is -2.09. The minimum absolute atomic E-state index is 0.138. The van der Waals surface area contributed by atoms with Gasteiger partial charge in [0, 0.05) is 4.90 Å². The molecule has 0 aromatic heterocycles. The molecule has 18 heavy (non-hydrogen) atoms. The average Bonchev–Trinajstić information content (AvgIpc) is 2.42. The van der Waals surface area contributed by atoms with E-state index in [1.807, 2.05) is 30.3 Å². The Hall–Kier alpha value is -1.53. The largest absolute Gasteiger partial charge is 0.467 e. The van der Waals surface area contributed by atoms with Gasteiger partial charge in [0.1, 0.15) is 0 Å². The van der Waals surface area contributed by atoms with E-state index in [-0.39, 0.29) is 18.2 Å². The van der Waals surface area contributed by atoms with Crippen LogP contribution in [0.3, 0.4) is 0 Å². The highest BCUT2D eigenvalue weighted by atomic mass is 32.2. The van der Waals surface area contributed by atoms with E-state index in [1.165, 1.54) is 18.9 Å². The van der Waals surface area contributed by atoms with Crippen molar-refractivity contribution in [1.29, 1.82) is 0 Å². The highest BCUT2D eigenvalue weighted by Gasteiger charge is 2.15. The summed E-state index contributed by atoms with van der Waals surface area (Å²) in [6.07, 6.45) is -1.32. The van der Waals surface area contributed by atoms with Gasteiger partial charge in [-0.2, -0.15) is 0 Å². The summed E-state index contributed by atoms with van der Waals surface area (Å²) in [7, 11) is 1.18. The first-order chi connectivity index (χ1) is 8.63. The highest BCUT2D eigenvalue weighted by molar-refractivity contribution is 8.00. The Kier molecular flexibility index (Phi) is 6.24. The van der Waals surface area contributed by atoms with Crippen molar-refractivity contribution in [2.75, 3.05) is 19.4 Å². The molecule has 1 unspecified atom stereocenters. The van der Waals surface area contributed by atoms with Gasteiger partial charge in [0.05, 0.1) is 19.4 Å². The lowest BCUT2D eigenvalue weighted by atomic mass is 10.3. The number of aliphatic hydroxyl groups is 1. The van der Waals surface area contributed by atoms with Crippen LogP contribution in [0.25, 0.3) is 0 Å². The molecule has 0 bridgehead atoms. The first kappa shape index (κ1) is 14.5. The van der Waals surface area contributed by atoms with E-state index >= 15 is 0 Å². The molecule has 0 aliphatic heterocycles. The molecule has 0 fully saturated rings. The predicted octanol–water partition coefficient (Wildman–Crippen LogP) is 0.429. The van der Waals surface area contributed by atoms with Crippen LogP contribution in [0, 0.1) is 0 Å². The molecule has 0 aliphatic carbocycles. The van der Waals surface area contributed by atoms with Gasteiger partial charge < -0.3 is 15.2 Å². The highest BCUT2D eigenvalue weighted by Crippen LogP contribution is 2.16. The first-order valence-corrected chi connectivity index (χ1v) is 6.32. The van der Waals surface area contributed by atoms with Crippen LogP contribution in [0.2, 0.25) is 0 Å². The van der Waals surface area contributed by atoms with E-state index < -0.39 is 12.1 Å². The average molecular weight is 269 g/mol. The van der Waals surface area contributed by atoms with Crippen LogP contribution < -0.4 is 5.32 Å². The van der Waals surface area contributed by atoms with Crippen LogP contribution in [-0.4, -0.2) is 42.5 Å². The van der Waals surface area contributed by atoms with Crippen molar-refractivity contribution < 1.29 is 19.4 Å². The van der Waals surface area contributed by atoms with E-state index in [9.17, 15) is 14.7 Å². The number of esters is 1. The summed E-state index contributed by atoms with van der Waals surface area (Å²) in [6, 6.07) is 9.49. The molecule has 2 N–H and O–H groups in total. The van der Waals surface area contributed by atoms with Crippen LogP contribution in [0.15, 0.2) is 35.2 Å². The number of nitrogens with one attached hydrogen (secondary N) is 1. The van der Waals surface area contributed by atoms with Crippen LogP contribution >= 0.6 is 11.8 Å². The summed E-state index contributed by atoms with van der Waals surface area (Å²) >= 11 is 1.38. The number of amides is 1. The Bertz CT molecular complexity index is 396. The molecule has 0 aliphatic rings. The second-order valence-corrected chi connectivity index (χ2v) is 4.49. The normalized spacial score (nSPS) is 11.7. The molecular formula is C12H15NO4S. The molecule has 0 spiro atoms. The van der Waals surface area contributed by atoms with Gasteiger partial charge in [0.15, 0.2) is 6.10 Å². The summed E-state index contributed by atoms with van der Waals surface area (Å²) in [4.78, 5) is 23.3. The molecule has 0 heterocycles. The number of thioether (sulfide) groups is 1. The Morgan fingerprint density at radius 2 is 2.06 bits per heavy atom. The number of benzene rings is 1. The third-order valence-corrected chi connectivity index (χ3v) is 3.09. The van der Waals surface area contributed by atoms with Crippen molar-refractivity contribution in [2.45, 2.75) is 11.0 Å². The van der Waals surface area contributed by atoms with Crippen LogP contribution in [0.5, 0.6) is 0 Å². The van der Waals surface area contributed by atoms with Crippen molar-refractivity contribution in [2.24, 2.45) is 0 Å². The fraction of sp³-hybridized carbons (Fsp3) is 0.333. The molecule has 1 amide bonds. The molecule has 98 valence electrons. The topological polar surface area (TPSA) is 75.6 Å². The van der Waals surface area contributed by atoms with Gasteiger partial charge in [-0.15, -0.1) is 11.8 Å². The van der Waals surface area contributed by atoms with Gasteiger partial charge in [0.25, 0.3) is 0 Å². The Balaban J connectivity index is 2.24. The Morgan fingerprint density at radius 1 is 1.39 bits per heavy atom. The zero-order chi connectivity index (χ0) is 13.4. The summed E-state index contributed by atoms with van der Waals surface area (Å²) in [6.45, 7) is -0.138. The van der Waals surface area contributed by atoms with Crippen LogP contribution in [-0.2, 0) is 14.3 Å². The van der Waals surface area contributed by atoms with E-state index in [2.05, 4.69) is 10.1 Å². The van der Waals surface area contributed by atoms with Gasteiger partial charge >= 0.3 is 5.97 Å². The van der Waals surface area contributed by atoms with E-state index in [4.69, 9.17) is 0 Å². The van der Waals surface area contributed by atoms with Crippen molar-refractivity contribution in [3.8, 4) is 0 Å². The van der Waals surface area contributed by atoms with Gasteiger partial charge in [-0.3, -0.25) is 4.79 Å². The summed E-state index contributed by atoms with van der Waals surface area (Å²) < 4.78 is 4.33. The monoisotopic (exact) mass is 269 g/mol. The summed E-state index contributed by atoms with van der Waals surface area (Å²) in [5.74, 6) is -0.768. The Labute approximate surface area is 110 Å². The van der Waals surface area contributed by atoms with E-state index in [0.29, 0.717) is 0 Å². The smallest absolute Gasteiger partial charge is 0.336 e. The zero-order valence-corrected chi connectivity index (χ0v) is 10.8. The summed E-state index contributed by atoms with van der Waals surface area (Å²) in [5.41, 5.74) is 0. The fourth-order valence-electron chi connectivity index (χ4n) is 1.15. The molecule has 0 saturated heterocycles. The summed E-state index contributed by atoms with van der Waals surface area (Å²) in [5, 5.41) is 11.7. The number of aliphatic hydroxyl groups excluding tert-OH is 1. The number of hydrogen-bond donors (Lipinski definition) is 2. The van der Waals surface area contributed by atoms with Gasteiger partial charge in [0.2, 0.25) is 5.91 Å². The van der Waals surface area contributed by atoms with Crippen molar-refractivity contribution in [1.82, 2.24) is 5.32 Å². The van der Waals surface area contributed by atoms with Crippen molar-refractivity contribution >= 4 is 23.6 Å². The molecule has 0 radical (unpaired) electrons. The second-order valence-electron chi connectivity index (χ2n) is 3.44. The maximum atomic E-state index is 11.4. The standard InChI is InChI=1S/C12H15NO4S/c1-17-12(16)10(14)7-13-11(15)8-18-9-5-3-2-4-6-9/h2-6,10,14H,7-8H2,1H3,(H,13,15). The molecule has 0 saturated carbocycles. The number of carbonyl (C=O) groups excluding carboxylic acids is 2. The first-order valence-electron chi connectivity index (χ1n) is 5.34. The van der Waals surface area contributed by atoms with Gasteiger partial charge in [-0.25, -0.2) is 4.79 Å². The molecule has 5 nitrogen and oxygen atoms in total.